The summed E-state index contributed by atoms with van der Waals surface area (Å²) >= 11 is 0. The first-order valence-corrected chi connectivity index (χ1v) is 7.49. The minimum absolute atomic E-state index is 0.163. The molecule has 0 heterocycles. The van der Waals surface area contributed by atoms with Gasteiger partial charge >= 0.3 is 12.1 Å². The predicted octanol–water partition coefficient (Wildman–Crippen LogP) is 3.33. The minimum atomic E-state index is -1.44. The summed E-state index contributed by atoms with van der Waals surface area (Å²) in [6.07, 6.45) is 1.98. The molecule has 0 aromatic heterocycles. The number of nitrogens with one attached hydrogen (secondary N) is 1. The van der Waals surface area contributed by atoms with Gasteiger partial charge in [-0.05, 0) is 45.2 Å². The fraction of sp³-hybridized carbons (Fsp3) is 0.444. The van der Waals surface area contributed by atoms with Crippen LogP contribution in [0, 0.1) is 0 Å². The number of aliphatic carboxylic acids is 1. The van der Waals surface area contributed by atoms with Crippen LogP contribution in [0.1, 0.15) is 38.8 Å². The number of carbonyl (C=O) groups excluding carboxylic acids is 1. The van der Waals surface area contributed by atoms with Crippen molar-refractivity contribution in [3.05, 3.63) is 48.0 Å². The van der Waals surface area contributed by atoms with Crippen LogP contribution in [0.2, 0.25) is 0 Å². The van der Waals surface area contributed by atoms with Crippen LogP contribution in [0.4, 0.5) is 4.79 Å². The van der Waals surface area contributed by atoms with Crippen molar-refractivity contribution < 1.29 is 19.4 Å². The molecule has 5 heteroatoms. The molecule has 0 aliphatic rings. The van der Waals surface area contributed by atoms with Gasteiger partial charge in [0.1, 0.15) is 11.1 Å². The molecule has 1 aromatic carbocycles. The van der Waals surface area contributed by atoms with E-state index in [0.717, 1.165) is 17.5 Å². The maximum atomic E-state index is 11.9. The van der Waals surface area contributed by atoms with Gasteiger partial charge in [0.25, 0.3) is 0 Å². The van der Waals surface area contributed by atoms with Crippen LogP contribution in [0.25, 0.3) is 0 Å². The molecule has 0 radical (unpaired) electrons. The van der Waals surface area contributed by atoms with Crippen LogP contribution in [-0.4, -0.2) is 28.3 Å². The molecular weight excluding hydrogens is 294 g/mol. The molecule has 0 saturated heterocycles. The number of carboxylic acids is 1. The monoisotopic (exact) mass is 319 g/mol. The summed E-state index contributed by atoms with van der Waals surface area (Å²) in [6.45, 7) is 10.3. The van der Waals surface area contributed by atoms with Gasteiger partial charge in [0.15, 0.2) is 0 Å². The van der Waals surface area contributed by atoms with E-state index in [4.69, 9.17) is 4.74 Å². The molecule has 0 aliphatic heterocycles. The largest absolute Gasteiger partial charge is 0.480 e. The Labute approximate surface area is 137 Å². The summed E-state index contributed by atoms with van der Waals surface area (Å²) < 4.78 is 5.15. The second-order valence-corrected chi connectivity index (χ2v) is 6.75. The summed E-state index contributed by atoms with van der Waals surface area (Å²) in [4.78, 5) is 23.5. The van der Waals surface area contributed by atoms with E-state index in [-0.39, 0.29) is 6.42 Å². The molecule has 1 atom stereocenters. The van der Waals surface area contributed by atoms with Crippen LogP contribution in [-0.2, 0) is 22.4 Å². The first-order chi connectivity index (χ1) is 10.6. The lowest BCUT2D eigenvalue weighted by Crippen LogP contribution is -2.54. The molecule has 0 bridgehead atoms. The Bertz CT molecular complexity index is 572. The number of rotatable bonds is 6. The Hall–Kier alpha value is -2.30. The van der Waals surface area contributed by atoms with Crippen LogP contribution in [0.5, 0.6) is 0 Å². The number of hydrogen-bond donors (Lipinski definition) is 2. The van der Waals surface area contributed by atoms with Gasteiger partial charge in [-0.15, -0.1) is 6.58 Å². The van der Waals surface area contributed by atoms with E-state index < -0.39 is 23.2 Å². The van der Waals surface area contributed by atoms with Gasteiger partial charge < -0.3 is 15.2 Å². The summed E-state index contributed by atoms with van der Waals surface area (Å²) in [5.74, 6) is -1.11. The van der Waals surface area contributed by atoms with Gasteiger partial charge in [-0.2, -0.15) is 0 Å². The zero-order chi connectivity index (χ0) is 17.7. The quantitative estimate of drug-likeness (QED) is 0.789. The van der Waals surface area contributed by atoms with E-state index in [0.29, 0.717) is 0 Å². The van der Waals surface area contributed by atoms with Gasteiger partial charge in [0, 0.05) is 6.42 Å². The van der Waals surface area contributed by atoms with Gasteiger partial charge in [-0.3, -0.25) is 0 Å². The molecule has 1 rings (SSSR count). The van der Waals surface area contributed by atoms with Crippen LogP contribution in [0.15, 0.2) is 36.9 Å². The average molecular weight is 319 g/mol. The Morgan fingerprint density at radius 1 is 1.17 bits per heavy atom. The fourth-order valence-corrected chi connectivity index (χ4v) is 2.07. The van der Waals surface area contributed by atoms with E-state index in [1.165, 1.54) is 6.92 Å². The van der Waals surface area contributed by atoms with E-state index in [1.807, 2.05) is 24.3 Å². The summed E-state index contributed by atoms with van der Waals surface area (Å²) in [7, 11) is 0. The summed E-state index contributed by atoms with van der Waals surface area (Å²) in [6, 6.07) is 7.56. The first-order valence-electron chi connectivity index (χ1n) is 7.49. The molecule has 0 aliphatic carbocycles. The molecule has 126 valence electrons. The number of benzene rings is 1. The third kappa shape index (κ3) is 6.14. The second kappa shape index (κ2) is 7.31. The highest BCUT2D eigenvalue weighted by Crippen LogP contribution is 2.17. The summed E-state index contributed by atoms with van der Waals surface area (Å²) in [5.41, 5.74) is -0.211. The topological polar surface area (TPSA) is 75.6 Å². The highest BCUT2D eigenvalue weighted by atomic mass is 16.6. The predicted molar refractivity (Wildman–Crippen MR) is 89.5 cm³/mol. The highest BCUT2D eigenvalue weighted by molar-refractivity contribution is 5.84. The zero-order valence-electron chi connectivity index (χ0n) is 14.2. The van der Waals surface area contributed by atoms with Crippen molar-refractivity contribution >= 4 is 12.1 Å². The number of allylic oxidation sites excluding steroid dienone is 1. The Morgan fingerprint density at radius 2 is 1.70 bits per heavy atom. The molecule has 2 N–H and O–H groups in total. The molecule has 1 unspecified atom stereocenters. The molecule has 0 fully saturated rings. The zero-order valence-corrected chi connectivity index (χ0v) is 14.2. The smallest absolute Gasteiger partial charge is 0.408 e. The van der Waals surface area contributed by atoms with Crippen molar-refractivity contribution in [3.8, 4) is 0 Å². The lowest BCUT2D eigenvalue weighted by molar-refractivity contribution is -0.144. The lowest BCUT2D eigenvalue weighted by atomic mass is 9.92. The fourth-order valence-electron chi connectivity index (χ4n) is 2.07. The Balaban J connectivity index is 2.86. The molecule has 23 heavy (non-hydrogen) atoms. The molecule has 1 amide bonds. The Morgan fingerprint density at radius 3 is 2.13 bits per heavy atom. The molecule has 0 saturated carbocycles. The van der Waals surface area contributed by atoms with E-state index in [2.05, 4.69) is 11.9 Å². The third-order valence-corrected chi connectivity index (χ3v) is 3.21. The van der Waals surface area contributed by atoms with Gasteiger partial charge in [-0.25, -0.2) is 9.59 Å². The third-order valence-electron chi connectivity index (χ3n) is 3.21. The minimum Gasteiger partial charge on any atom is -0.480 e. The van der Waals surface area contributed by atoms with Crippen LogP contribution in [0.3, 0.4) is 0 Å². The van der Waals surface area contributed by atoms with Crippen molar-refractivity contribution in [1.82, 2.24) is 5.32 Å². The average Bonchev–Trinajstić information content (AvgIpc) is 2.38. The van der Waals surface area contributed by atoms with E-state index in [1.54, 1.807) is 26.8 Å². The number of carbonyl (C=O) groups is 2. The van der Waals surface area contributed by atoms with E-state index in [9.17, 15) is 14.7 Å². The SMILES string of the molecule is C=CCc1ccc(CC(C)(NC(=O)OC(C)(C)C)C(=O)O)cc1. The van der Waals surface area contributed by atoms with Crippen molar-refractivity contribution in [2.24, 2.45) is 0 Å². The summed E-state index contributed by atoms with van der Waals surface area (Å²) in [5, 5.41) is 12.0. The highest BCUT2D eigenvalue weighted by Gasteiger charge is 2.36. The number of ether oxygens (including phenoxy) is 1. The Kier molecular flexibility index (Phi) is 5.96. The first kappa shape index (κ1) is 18.7. The number of carboxylic acid groups (broad SMARTS) is 1. The maximum Gasteiger partial charge on any atom is 0.408 e. The molecule has 5 nitrogen and oxygen atoms in total. The second-order valence-electron chi connectivity index (χ2n) is 6.75. The number of hydrogen-bond acceptors (Lipinski definition) is 3. The number of alkyl carbamates (subject to hydrolysis) is 1. The normalized spacial score (nSPS) is 13.7. The van der Waals surface area contributed by atoms with Crippen molar-refractivity contribution in [1.29, 1.82) is 0 Å². The lowest BCUT2D eigenvalue weighted by Gasteiger charge is -2.28. The molecule has 0 spiro atoms. The van der Waals surface area contributed by atoms with Crippen molar-refractivity contribution in [2.75, 3.05) is 0 Å². The molecule has 1 aromatic rings. The van der Waals surface area contributed by atoms with E-state index >= 15 is 0 Å². The van der Waals surface area contributed by atoms with Gasteiger partial charge in [0.2, 0.25) is 0 Å². The maximum absolute atomic E-state index is 11.9. The van der Waals surface area contributed by atoms with Crippen LogP contribution >= 0.6 is 0 Å². The van der Waals surface area contributed by atoms with Crippen LogP contribution < -0.4 is 5.32 Å². The van der Waals surface area contributed by atoms with Gasteiger partial charge in [-0.1, -0.05) is 30.3 Å². The van der Waals surface area contributed by atoms with Crippen molar-refractivity contribution in [2.45, 2.75) is 51.7 Å². The standard InChI is InChI=1S/C18H25NO4/c1-6-7-13-8-10-14(11-9-13)12-18(5,15(20)21)19-16(22)23-17(2,3)4/h6,8-11H,1,7,12H2,2-5H3,(H,19,22)(H,20,21). The van der Waals surface area contributed by atoms with Gasteiger partial charge in [0.05, 0.1) is 0 Å². The van der Waals surface area contributed by atoms with Crippen molar-refractivity contribution in [3.63, 3.8) is 0 Å². The molecular formula is C18H25NO4. The number of amides is 1.